The van der Waals surface area contributed by atoms with Gasteiger partial charge in [0.15, 0.2) is 5.78 Å². The van der Waals surface area contributed by atoms with E-state index in [1.807, 2.05) is 65.8 Å². The van der Waals surface area contributed by atoms with E-state index in [-0.39, 0.29) is 53.6 Å². The Hall–Kier alpha value is -3.60. The fourth-order valence-electron chi connectivity index (χ4n) is 5.41. The summed E-state index contributed by atoms with van der Waals surface area (Å²) in [6.07, 6.45) is 6.54. The molecule has 0 aliphatic heterocycles. The number of fused-ring (bicyclic) bond motifs is 3. The summed E-state index contributed by atoms with van der Waals surface area (Å²) in [6.45, 7) is 16.4. The molecule has 0 atom stereocenters. The van der Waals surface area contributed by atoms with Crippen LogP contribution in [0.3, 0.4) is 0 Å². The molecule has 1 N–H and O–H groups in total. The first-order valence-corrected chi connectivity index (χ1v) is 16.7. The van der Waals surface area contributed by atoms with Crippen LogP contribution in [-0.2, 0) is 30.3 Å². The van der Waals surface area contributed by atoms with Gasteiger partial charge in [0.25, 0.3) is 0 Å². The van der Waals surface area contributed by atoms with E-state index in [0.717, 1.165) is 58.8 Å². The molecule has 0 saturated carbocycles. The number of rotatable bonds is 9. The molecule has 2 aromatic carbocycles. The minimum absolute atomic E-state index is 0. The van der Waals surface area contributed by atoms with E-state index in [1.54, 1.807) is 12.3 Å². The summed E-state index contributed by atoms with van der Waals surface area (Å²) < 4.78 is 28.9. The average molecular weight is 827 g/mol. The second-order valence-corrected chi connectivity index (χ2v) is 13.9. The second-order valence-electron chi connectivity index (χ2n) is 13.9. The SMILES string of the molecule is CCC(C)(CC)C(=O)/C=C(\O)C(C)(CC)CC.[2H]C([2H])([2H])c1ccc2c(n1)oc1c(-c3cc(-c4cccc(C(C)(C)C)c4)ccn3)[c-]ccc12.[Ir]. The number of carbonyl (C=O) groups is 1. The molecule has 0 unspecified atom stereocenters. The van der Waals surface area contributed by atoms with Crippen molar-refractivity contribution in [3.05, 3.63) is 96.0 Å². The van der Waals surface area contributed by atoms with E-state index >= 15 is 0 Å². The number of aryl methyl sites for hydroxylation is 1. The zero-order chi connectivity index (χ0) is 37.1. The van der Waals surface area contributed by atoms with E-state index in [1.165, 1.54) is 17.7 Å². The number of hydrogen-bond donors (Lipinski definition) is 1. The fraction of sp³-hybridized carbons (Fsp3) is 0.405. The normalized spacial score (nSPS) is 13.6. The molecule has 48 heavy (non-hydrogen) atoms. The number of nitrogens with zero attached hydrogens (tertiary/aromatic N) is 2. The molecule has 0 spiro atoms. The molecular weight excluding hydrogens is 773 g/mol. The van der Waals surface area contributed by atoms with Crippen LogP contribution in [0.5, 0.6) is 0 Å². The van der Waals surface area contributed by atoms with E-state index in [4.69, 9.17) is 8.53 Å². The third kappa shape index (κ3) is 8.33. The molecule has 1 radical (unpaired) electrons. The molecule has 0 saturated heterocycles. The van der Waals surface area contributed by atoms with Crippen LogP contribution in [0.2, 0.25) is 0 Å². The van der Waals surface area contributed by atoms with Gasteiger partial charge in [-0.05, 0) is 78.5 Å². The minimum Gasteiger partial charge on any atom is -0.512 e. The number of benzene rings is 2. The number of hydrogen-bond acceptors (Lipinski definition) is 5. The maximum absolute atomic E-state index is 12.2. The maximum atomic E-state index is 12.2. The third-order valence-corrected chi connectivity index (χ3v) is 9.98. The van der Waals surface area contributed by atoms with Crippen LogP contribution in [0.25, 0.3) is 44.5 Å². The Kier molecular flexibility index (Phi) is 11.2. The molecule has 0 aliphatic rings. The Morgan fingerprint density at radius 1 is 0.896 bits per heavy atom. The average Bonchev–Trinajstić information content (AvgIpc) is 3.48. The van der Waals surface area contributed by atoms with Crippen molar-refractivity contribution in [3.63, 3.8) is 0 Å². The van der Waals surface area contributed by atoms with E-state index in [0.29, 0.717) is 11.3 Å². The Labute approximate surface area is 304 Å². The number of ketones is 1. The molecule has 6 heteroatoms. The summed E-state index contributed by atoms with van der Waals surface area (Å²) in [7, 11) is 0. The first-order chi connectivity index (χ1) is 23.4. The quantitative estimate of drug-likeness (QED) is 0.0910. The van der Waals surface area contributed by atoms with Gasteiger partial charge in [-0.1, -0.05) is 104 Å². The largest absolute Gasteiger partial charge is 0.512 e. The number of pyridine rings is 2. The Morgan fingerprint density at radius 2 is 1.56 bits per heavy atom. The summed E-state index contributed by atoms with van der Waals surface area (Å²) in [4.78, 5) is 21.0. The van der Waals surface area contributed by atoms with Crippen LogP contribution in [0, 0.1) is 23.7 Å². The van der Waals surface area contributed by atoms with Crippen molar-refractivity contribution in [2.75, 3.05) is 0 Å². The van der Waals surface area contributed by atoms with Gasteiger partial charge in [-0.25, -0.2) is 4.98 Å². The molecule has 0 amide bonds. The van der Waals surface area contributed by atoms with Crippen molar-refractivity contribution in [2.24, 2.45) is 10.8 Å². The molecule has 0 fully saturated rings. The summed E-state index contributed by atoms with van der Waals surface area (Å²) >= 11 is 0. The van der Waals surface area contributed by atoms with Crippen molar-refractivity contribution < 1.29 is 38.5 Å². The summed E-state index contributed by atoms with van der Waals surface area (Å²) in [6, 6.07) is 22.8. The van der Waals surface area contributed by atoms with Gasteiger partial charge in [0.05, 0.1) is 5.58 Å². The van der Waals surface area contributed by atoms with Gasteiger partial charge >= 0.3 is 0 Å². The zero-order valence-corrected chi connectivity index (χ0v) is 32.1. The zero-order valence-electron chi connectivity index (χ0n) is 32.7. The molecule has 5 nitrogen and oxygen atoms in total. The van der Waals surface area contributed by atoms with E-state index in [9.17, 15) is 9.90 Å². The first-order valence-electron chi connectivity index (χ1n) is 18.2. The third-order valence-electron chi connectivity index (χ3n) is 9.98. The maximum Gasteiger partial charge on any atom is 0.216 e. The number of aliphatic hydroxyl groups excluding tert-OH is 1. The Balaban J connectivity index is 0.000000335. The molecule has 3 heterocycles. The van der Waals surface area contributed by atoms with Gasteiger partial charge in [0, 0.05) is 58.4 Å². The van der Waals surface area contributed by atoms with Crippen molar-refractivity contribution in [3.8, 4) is 22.4 Å². The van der Waals surface area contributed by atoms with E-state index < -0.39 is 6.85 Å². The summed E-state index contributed by atoms with van der Waals surface area (Å²) in [5.41, 5.74) is 5.24. The number of aliphatic hydroxyl groups is 1. The van der Waals surface area contributed by atoms with Gasteiger partial charge in [0.2, 0.25) is 5.71 Å². The van der Waals surface area contributed by atoms with Crippen LogP contribution in [-0.4, -0.2) is 20.9 Å². The first kappa shape index (κ1) is 34.3. The summed E-state index contributed by atoms with van der Waals surface area (Å²) in [5.74, 6) is 0.286. The van der Waals surface area contributed by atoms with Crippen molar-refractivity contribution in [1.82, 2.24) is 9.97 Å². The predicted octanol–water partition coefficient (Wildman–Crippen LogP) is 11.8. The van der Waals surface area contributed by atoms with Gasteiger partial charge in [0.1, 0.15) is 5.76 Å². The number of allylic oxidation sites excluding steroid dienone is 2. The van der Waals surface area contributed by atoms with Crippen molar-refractivity contribution >= 4 is 27.9 Å². The smallest absolute Gasteiger partial charge is 0.216 e. The van der Waals surface area contributed by atoms with Gasteiger partial charge in [-0.15, -0.1) is 18.2 Å². The van der Waals surface area contributed by atoms with Crippen LogP contribution >= 0.6 is 0 Å². The molecular formula is C42H51IrN2O3-. The standard InChI is InChI=1S/C27H23N2O.C15H28O2.Ir/c1-17-11-12-22-21-9-6-10-23(25(21)30-26(22)29-17)24-16-19(13-14-28-24)18-7-5-8-20(15-18)27(2,3)4;1-7-14(5,8-2)12(16)11-13(17)15(6,9-3)10-4;/h5-9,11-16H,1-4H3;11,16H,7-10H2,1-6H3;/q-1;;/b;12-11-;/i1D3;;. The monoisotopic (exact) mass is 827 g/mol. The summed E-state index contributed by atoms with van der Waals surface area (Å²) in [5, 5.41) is 11.8. The molecule has 257 valence electrons. The van der Waals surface area contributed by atoms with Crippen LogP contribution in [0.15, 0.2) is 83.1 Å². The predicted molar refractivity (Wildman–Crippen MR) is 196 cm³/mol. The van der Waals surface area contributed by atoms with Crippen molar-refractivity contribution in [2.45, 2.75) is 100 Å². The number of carbonyl (C=O) groups excluding carboxylic acids is 1. The fourth-order valence-corrected chi connectivity index (χ4v) is 5.41. The van der Waals surface area contributed by atoms with E-state index in [2.05, 4.69) is 61.1 Å². The van der Waals surface area contributed by atoms with Crippen LogP contribution < -0.4 is 0 Å². The Bertz CT molecular complexity index is 2000. The topological polar surface area (TPSA) is 76.2 Å². The van der Waals surface area contributed by atoms with Gasteiger partial charge in [-0.3, -0.25) is 4.79 Å². The number of aromatic nitrogens is 2. The Morgan fingerprint density at radius 3 is 2.19 bits per heavy atom. The molecule has 0 aliphatic carbocycles. The van der Waals surface area contributed by atoms with Gasteiger partial charge in [-0.2, -0.15) is 0 Å². The van der Waals surface area contributed by atoms with Crippen molar-refractivity contribution in [1.29, 1.82) is 0 Å². The molecule has 3 aromatic heterocycles. The number of furan rings is 1. The van der Waals surface area contributed by atoms with Crippen LogP contribution in [0.1, 0.15) is 103 Å². The molecule has 5 rings (SSSR count). The van der Waals surface area contributed by atoms with Gasteiger partial charge < -0.3 is 14.5 Å². The van der Waals surface area contributed by atoms with Crippen LogP contribution in [0.4, 0.5) is 0 Å². The second kappa shape index (κ2) is 15.7. The molecule has 0 bridgehead atoms. The molecule has 5 aromatic rings. The minimum atomic E-state index is -2.29.